The molecule has 18 heavy (non-hydrogen) atoms. The molecule has 0 aliphatic carbocycles. The number of rotatable bonds is 3. The number of nitrogens with one attached hydrogen (secondary N) is 2. The number of pyridine rings is 1. The van der Waals surface area contributed by atoms with Gasteiger partial charge < -0.3 is 10.6 Å². The van der Waals surface area contributed by atoms with Crippen LogP contribution in [0.1, 0.15) is 6.92 Å². The summed E-state index contributed by atoms with van der Waals surface area (Å²) in [6.07, 6.45) is 1.72. The molecule has 1 aromatic carbocycles. The summed E-state index contributed by atoms with van der Waals surface area (Å²) in [4.78, 5) is 15.2. The number of hydrogen-bond donors (Lipinski definition) is 2. The minimum absolute atomic E-state index is 0.0890. The molecule has 0 atom stereocenters. The number of carbonyl (C=O) groups excluding carboxylic acids is 1. The minimum Gasteiger partial charge on any atom is -0.340 e. The summed E-state index contributed by atoms with van der Waals surface area (Å²) in [6, 6.07) is 11.2. The van der Waals surface area contributed by atoms with Gasteiger partial charge in [0.1, 0.15) is 5.82 Å². The lowest BCUT2D eigenvalue weighted by Crippen LogP contribution is -2.05. The third-order valence-corrected chi connectivity index (χ3v) is 2.65. The van der Waals surface area contributed by atoms with E-state index in [4.69, 9.17) is 0 Å². The first-order valence-electron chi connectivity index (χ1n) is 5.40. The molecule has 0 bridgehead atoms. The van der Waals surface area contributed by atoms with Crippen LogP contribution in [0.25, 0.3) is 0 Å². The normalized spacial score (nSPS) is 9.89. The van der Waals surface area contributed by atoms with Crippen molar-refractivity contribution in [1.29, 1.82) is 0 Å². The van der Waals surface area contributed by atoms with Crippen molar-refractivity contribution in [3.8, 4) is 0 Å². The maximum Gasteiger partial charge on any atom is 0.221 e. The molecule has 0 unspecified atom stereocenters. The first-order chi connectivity index (χ1) is 8.63. The van der Waals surface area contributed by atoms with E-state index in [1.807, 2.05) is 36.4 Å². The molecule has 1 heterocycles. The predicted molar refractivity (Wildman–Crippen MR) is 76.0 cm³/mol. The van der Waals surface area contributed by atoms with E-state index in [1.165, 1.54) is 6.92 Å². The second-order valence-electron chi connectivity index (χ2n) is 3.75. The first kappa shape index (κ1) is 12.6. The third-order valence-electron chi connectivity index (χ3n) is 2.18. The Balaban J connectivity index is 2.13. The number of carbonyl (C=O) groups is 1. The molecule has 4 nitrogen and oxygen atoms in total. The van der Waals surface area contributed by atoms with Crippen LogP contribution >= 0.6 is 15.9 Å². The Morgan fingerprint density at radius 1 is 1.22 bits per heavy atom. The topological polar surface area (TPSA) is 54.0 Å². The molecule has 0 aliphatic heterocycles. The summed E-state index contributed by atoms with van der Waals surface area (Å²) in [5.41, 5.74) is 1.63. The van der Waals surface area contributed by atoms with E-state index in [1.54, 1.807) is 6.20 Å². The van der Waals surface area contributed by atoms with Crippen LogP contribution in [0.3, 0.4) is 0 Å². The van der Waals surface area contributed by atoms with Crippen LogP contribution < -0.4 is 10.6 Å². The van der Waals surface area contributed by atoms with E-state index in [9.17, 15) is 4.79 Å². The molecule has 92 valence electrons. The van der Waals surface area contributed by atoms with Gasteiger partial charge in [0.15, 0.2) is 0 Å². The monoisotopic (exact) mass is 305 g/mol. The first-order valence-corrected chi connectivity index (χ1v) is 6.19. The molecule has 1 aromatic heterocycles. The van der Waals surface area contributed by atoms with Crippen molar-refractivity contribution in [2.24, 2.45) is 0 Å². The molecule has 0 aliphatic rings. The number of nitrogens with zero attached hydrogens (tertiary/aromatic N) is 1. The van der Waals surface area contributed by atoms with Crippen LogP contribution in [0.4, 0.5) is 17.2 Å². The minimum atomic E-state index is -0.0890. The van der Waals surface area contributed by atoms with Crippen molar-refractivity contribution in [3.05, 3.63) is 47.1 Å². The van der Waals surface area contributed by atoms with Crippen LogP contribution in [0, 0.1) is 0 Å². The van der Waals surface area contributed by atoms with Crippen LogP contribution in [0.2, 0.25) is 0 Å². The zero-order valence-electron chi connectivity index (χ0n) is 9.77. The Morgan fingerprint density at radius 2 is 2.00 bits per heavy atom. The molecule has 2 rings (SSSR count). The van der Waals surface area contributed by atoms with Crippen LogP contribution in [0.5, 0.6) is 0 Å². The van der Waals surface area contributed by atoms with Crippen molar-refractivity contribution in [3.63, 3.8) is 0 Å². The average Bonchev–Trinajstić information content (AvgIpc) is 2.32. The predicted octanol–water partition coefficient (Wildman–Crippen LogP) is 3.55. The Hall–Kier alpha value is -1.88. The Morgan fingerprint density at radius 3 is 2.67 bits per heavy atom. The van der Waals surface area contributed by atoms with E-state index >= 15 is 0 Å². The van der Waals surface area contributed by atoms with Crippen molar-refractivity contribution >= 4 is 39.0 Å². The Bertz CT molecular complexity index is 554. The lowest BCUT2D eigenvalue weighted by molar-refractivity contribution is -0.114. The van der Waals surface area contributed by atoms with Gasteiger partial charge in [0.25, 0.3) is 0 Å². The number of benzene rings is 1. The van der Waals surface area contributed by atoms with Gasteiger partial charge in [-0.25, -0.2) is 4.98 Å². The molecule has 0 saturated heterocycles. The summed E-state index contributed by atoms with van der Waals surface area (Å²) in [5, 5.41) is 5.89. The van der Waals surface area contributed by atoms with Crippen LogP contribution in [-0.2, 0) is 4.79 Å². The molecule has 0 saturated carbocycles. The van der Waals surface area contributed by atoms with E-state index in [-0.39, 0.29) is 5.91 Å². The van der Waals surface area contributed by atoms with Crippen molar-refractivity contribution in [2.45, 2.75) is 6.92 Å². The average molecular weight is 306 g/mol. The molecule has 0 fully saturated rings. The van der Waals surface area contributed by atoms with E-state index < -0.39 is 0 Å². The van der Waals surface area contributed by atoms with Gasteiger partial charge in [0, 0.05) is 29.0 Å². The molecular weight excluding hydrogens is 294 g/mol. The van der Waals surface area contributed by atoms with Crippen LogP contribution in [0.15, 0.2) is 47.1 Å². The standard InChI is InChI=1S/C13H12BrN3O/c1-9(18)16-11-3-2-4-12(7-11)17-13-6-5-10(14)8-15-13/h2-8H,1H3,(H,15,17)(H,16,18). The molecule has 0 spiro atoms. The van der Waals surface area contributed by atoms with Gasteiger partial charge in [-0.1, -0.05) is 6.07 Å². The number of anilines is 3. The maximum absolute atomic E-state index is 11.0. The number of halogens is 1. The van der Waals surface area contributed by atoms with Gasteiger partial charge in [-0.05, 0) is 46.3 Å². The van der Waals surface area contributed by atoms with Gasteiger partial charge in [0.05, 0.1) is 0 Å². The van der Waals surface area contributed by atoms with Crippen molar-refractivity contribution in [2.75, 3.05) is 10.6 Å². The van der Waals surface area contributed by atoms with Gasteiger partial charge in [-0.3, -0.25) is 4.79 Å². The zero-order valence-corrected chi connectivity index (χ0v) is 11.4. The van der Waals surface area contributed by atoms with Gasteiger partial charge in [-0.15, -0.1) is 0 Å². The Kier molecular flexibility index (Phi) is 3.94. The largest absolute Gasteiger partial charge is 0.340 e. The van der Waals surface area contributed by atoms with Gasteiger partial charge in [0.2, 0.25) is 5.91 Å². The highest BCUT2D eigenvalue weighted by Crippen LogP contribution is 2.19. The molecule has 0 radical (unpaired) electrons. The highest BCUT2D eigenvalue weighted by molar-refractivity contribution is 9.10. The number of aromatic nitrogens is 1. The highest BCUT2D eigenvalue weighted by atomic mass is 79.9. The van der Waals surface area contributed by atoms with Gasteiger partial charge >= 0.3 is 0 Å². The molecular formula is C13H12BrN3O. The maximum atomic E-state index is 11.0. The van der Waals surface area contributed by atoms with Gasteiger partial charge in [-0.2, -0.15) is 0 Å². The third kappa shape index (κ3) is 3.56. The fourth-order valence-electron chi connectivity index (χ4n) is 1.48. The summed E-state index contributed by atoms with van der Waals surface area (Å²) in [5.74, 6) is 0.659. The van der Waals surface area contributed by atoms with Crippen LogP contribution in [-0.4, -0.2) is 10.9 Å². The quantitative estimate of drug-likeness (QED) is 0.912. The Labute approximate surface area is 114 Å². The lowest BCUT2D eigenvalue weighted by Gasteiger charge is -2.08. The fraction of sp³-hybridized carbons (Fsp3) is 0.0769. The second-order valence-corrected chi connectivity index (χ2v) is 4.66. The van der Waals surface area contributed by atoms with Crippen molar-refractivity contribution in [1.82, 2.24) is 4.98 Å². The molecule has 2 N–H and O–H groups in total. The SMILES string of the molecule is CC(=O)Nc1cccc(Nc2ccc(Br)cn2)c1. The van der Waals surface area contributed by atoms with E-state index in [0.29, 0.717) is 0 Å². The summed E-state index contributed by atoms with van der Waals surface area (Å²) < 4.78 is 0.931. The summed E-state index contributed by atoms with van der Waals surface area (Å²) >= 11 is 3.33. The second kappa shape index (κ2) is 5.64. The summed E-state index contributed by atoms with van der Waals surface area (Å²) in [7, 11) is 0. The molecule has 5 heteroatoms. The van der Waals surface area contributed by atoms with E-state index in [2.05, 4.69) is 31.5 Å². The van der Waals surface area contributed by atoms with Crippen molar-refractivity contribution < 1.29 is 4.79 Å². The smallest absolute Gasteiger partial charge is 0.221 e. The molecule has 1 amide bonds. The fourth-order valence-corrected chi connectivity index (χ4v) is 1.71. The highest BCUT2D eigenvalue weighted by Gasteiger charge is 1.99. The molecule has 2 aromatic rings. The zero-order chi connectivity index (χ0) is 13.0. The number of hydrogen-bond acceptors (Lipinski definition) is 3. The summed E-state index contributed by atoms with van der Waals surface area (Å²) in [6.45, 7) is 1.48. The lowest BCUT2D eigenvalue weighted by atomic mass is 10.2. The number of amides is 1. The van der Waals surface area contributed by atoms with E-state index in [0.717, 1.165) is 21.7 Å².